The van der Waals surface area contributed by atoms with Gasteiger partial charge in [-0.25, -0.2) is 9.59 Å². The van der Waals surface area contributed by atoms with E-state index in [-0.39, 0.29) is 44.2 Å². The second-order valence-corrected chi connectivity index (χ2v) is 16.1. The summed E-state index contributed by atoms with van der Waals surface area (Å²) in [6.07, 6.45) is -12.9. The van der Waals surface area contributed by atoms with Gasteiger partial charge >= 0.3 is 11.9 Å². The average Bonchev–Trinajstić information content (AvgIpc) is 3.38. The lowest BCUT2D eigenvalue weighted by molar-refractivity contribution is -0.366. The molecule has 0 amide bonds. The van der Waals surface area contributed by atoms with Crippen molar-refractivity contribution in [2.75, 3.05) is 13.2 Å². The predicted molar refractivity (Wildman–Crippen MR) is 244 cm³/mol. The Labute approximate surface area is 389 Å². The van der Waals surface area contributed by atoms with E-state index >= 15 is 0 Å². The Balaban J connectivity index is 1.18. The summed E-state index contributed by atoms with van der Waals surface area (Å²) in [7, 11) is 0. The maximum atomic E-state index is 14.0. The zero-order valence-electron chi connectivity index (χ0n) is 36.7. The molecule has 67 heavy (non-hydrogen) atoms. The molecule has 0 spiro atoms. The Hall–Kier alpha value is -6.10. The molecule has 0 radical (unpaired) electrons. The second-order valence-electron chi connectivity index (χ2n) is 16.1. The third-order valence-electron chi connectivity index (χ3n) is 11.4. The molecule has 0 aliphatic carbocycles. The number of aliphatic hydroxyl groups is 2. The molecule has 13 heteroatoms. The van der Waals surface area contributed by atoms with Crippen molar-refractivity contribution in [2.45, 2.75) is 87.8 Å². The van der Waals surface area contributed by atoms with Crippen molar-refractivity contribution in [2.24, 2.45) is 0 Å². The second kappa shape index (κ2) is 24.1. The molecule has 0 aromatic heterocycles. The smallest absolute Gasteiger partial charge is 0.338 e. The largest absolute Gasteiger partial charge is 0.452 e. The molecule has 6 aromatic carbocycles. The van der Waals surface area contributed by atoms with Crippen molar-refractivity contribution in [3.63, 3.8) is 0 Å². The van der Waals surface area contributed by atoms with Gasteiger partial charge in [-0.15, -0.1) is 0 Å². The highest BCUT2D eigenvalue weighted by Crippen LogP contribution is 2.36. The van der Waals surface area contributed by atoms with E-state index in [1.54, 1.807) is 60.7 Å². The highest BCUT2D eigenvalue weighted by Gasteiger charge is 2.55. The van der Waals surface area contributed by atoms with Crippen LogP contribution >= 0.6 is 0 Å². The first-order valence-corrected chi connectivity index (χ1v) is 22.3. The summed E-state index contributed by atoms with van der Waals surface area (Å²) < 4.78 is 58.7. The fraction of sp³-hybridized carbons (Fsp3) is 0.296. The van der Waals surface area contributed by atoms with E-state index in [1.165, 1.54) is 0 Å². The van der Waals surface area contributed by atoms with E-state index in [9.17, 15) is 19.8 Å². The number of rotatable bonds is 20. The van der Waals surface area contributed by atoms with Crippen LogP contribution in [0.5, 0.6) is 0 Å². The van der Waals surface area contributed by atoms with Gasteiger partial charge in [0.2, 0.25) is 0 Å². The van der Waals surface area contributed by atoms with Crippen LogP contribution in [-0.4, -0.2) is 96.8 Å². The van der Waals surface area contributed by atoms with Crippen LogP contribution < -0.4 is 0 Å². The summed E-state index contributed by atoms with van der Waals surface area (Å²) in [5, 5.41) is 22.4. The topological polar surface area (TPSA) is 158 Å². The summed E-state index contributed by atoms with van der Waals surface area (Å²) in [6, 6.07) is 55.0. The van der Waals surface area contributed by atoms with Crippen LogP contribution in [-0.2, 0) is 69.1 Å². The lowest BCUT2D eigenvalue weighted by Crippen LogP contribution is -2.66. The normalized spacial score (nSPS) is 24.9. The minimum Gasteiger partial charge on any atom is -0.452 e. The fourth-order valence-electron chi connectivity index (χ4n) is 8.01. The van der Waals surface area contributed by atoms with Crippen LogP contribution in [0.2, 0.25) is 0 Å². The van der Waals surface area contributed by atoms with Crippen molar-refractivity contribution in [1.82, 2.24) is 0 Å². The van der Waals surface area contributed by atoms with Crippen LogP contribution in [0.3, 0.4) is 0 Å². The summed E-state index contributed by atoms with van der Waals surface area (Å²) in [4.78, 5) is 27.6. The van der Waals surface area contributed by atoms with Crippen LogP contribution in [0.15, 0.2) is 182 Å². The average molecular weight is 911 g/mol. The van der Waals surface area contributed by atoms with Gasteiger partial charge in [0.15, 0.2) is 24.8 Å². The standard InChI is InChI=1S/C54H54O13/c55-31-43-46(48(65-51(56)41-27-15-5-16-28-41)49(53(58)63-43)66-52(57)42-29-17-6-18-30-42)67-54-50(62-35-40-25-13-4-14-26-40)47(61-34-39-23-11-3-12-24-39)45(60-33-38-21-9-2-10-22-38)44(64-54)36-59-32-37-19-7-1-8-20-37/h1-30,43-50,53-55,58H,31-36H2/t43-,44-,45-,46-,47+,48+,49-,50-,53-,54-/m1/s1. The molecule has 348 valence electrons. The lowest BCUT2D eigenvalue weighted by Gasteiger charge is -2.49. The van der Waals surface area contributed by atoms with Gasteiger partial charge < -0.3 is 52.8 Å². The predicted octanol–water partition coefficient (Wildman–Crippen LogP) is 7.23. The number of aliphatic hydroxyl groups excluding tert-OH is 2. The van der Waals surface area contributed by atoms with Crippen molar-refractivity contribution in [3.8, 4) is 0 Å². The van der Waals surface area contributed by atoms with Crippen molar-refractivity contribution < 1.29 is 62.4 Å². The van der Waals surface area contributed by atoms with Crippen LogP contribution in [0.25, 0.3) is 0 Å². The summed E-state index contributed by atoms with van der Waals surface area (Å²) in [6.45, 7) is 0.000631. The first kappa shape index (κ1) is 47.4. The molecule has 2 fully saturated rings. The Bertz CT molecular complexity index is 2380. The van der Waals surface area contributed by atoms with Gasteiger partial charge in [0.25, 0.3) is 0 Å². The number of carbonyl (C=O) groups excluding carboxylic acids is 2. The minimum atomic E-state index is -1.85. The molecule has 13 nitrogen and oxygen atoms in total. The van der Waals surface area contributed by atoms with Crippen LogP contribution in [0.4, 0.5) is 0 Å². The molecule has 0 unspecified atom stereocenters. The van der Waals surface area contributed by atoms with Crippen LogP contribution in [0, 0.1) is 0 Å². The maximum Gasteiger partial charge on any atom is 0.338 e. The molecule has 2 aliphatic heterocycles. The lowest BCUT2D eigenvalue weighted by atomic mass is 9.95. The van der Waals surface area contributed by atoms with Crippen LogP contribution in [0.1, 0.15) is 43.0 Å². The van der Waals surface area contributed by atoms with Gasteiger partial charge in [0, 0.05) is 0 Å². The van der Waals surface area contributed by atoms with E-state index in [0.717, 1.165) is 22.3 Å². The zero-order chi connectivity index (χ0) is 46.2. The van der Waals surface area contributed by atoms with Gasteiger partial charge in [0.1, 0.15) is 36.6 Å². The monoisotopic (exact) mass is 910 g/mol. The first-order chi connectivity index (χ1) is 32.9. The SMILES string of the molecule is O=C(O[C@@H]1[C@@H](OC(=O)c2ccccc2)[C@H](O)O[C@H](CO)[C@H]1O[C@H]1O[C@H](COCc2ccccc2)[C@@H](OCc2ccccc2)[C@H](OCc2ccccc2)[C@H]1OCc1ccccc1)c1ccccc1. The molecule has 10 atom stereocenters. The van der Waals surface area contributed by atoms with E-state index < -0.39 is 80.0 Å². The van der Waals surface area contributed by atoms with E-state index in [1.807, 2.05) is 121 Å². The number of carbonyl (C=O) groups is 2. The summed E-state index contributed by atoms with van der Waals surface area (Å²) >= 11 is 0. The number of benzene rings is 6. The van der Waals surface area contributed by atoms with Crippen molar-refractivity contribution in [1.29, 1.82) is 0 Å². The highest BCUT2D eigenvalue weighted by atomic mass is 16.8. The minimum absolute atomic E-state index is 0.0118. The van der Waals surface area contributed by atoms with Crippen molar-refractivity contribution in [3.05, 3.63) is 215 Å². The van der Waals surface area contributed by atoms with E-state index in [4.69, 9.17) is 42.6 Å². The summed E-state index contributed by atoms with van der Waals surface area (Å²) in [5.41, 5.74) is 3.94. The molecule has 0 saturated carbocycles. The zero-order valence-corrected chi connectivity index (χ0v) is 36.7. The maximum absolute atomic E-state index is 14.0. The highest BCUT2D eigenvalue weighted by molar-refractivity contribution is 5.90. The third-order valence-corrected chi connectivity index (χ3v) is 11.4. The molecular weight excluding hydrogens is 857 g/mol. The van der Waals surface area contributed by atoms with Gasteiger partial charge in [-0.3, -0.25) is 0 Å². The molecule has 2 N–H and O–H groups in total. The third kappa shape index (κ3) is 12.9. The molecule has 2 heterocycles. The molecule has 0 bridgehead atoms. The number of hydrogen-bond donors (Lipinski definition) is 2. The molecule has 8 rings (SSSR count). The summed E-state index contributed by atoms with van der Waals surface area (Å²) in [5.74, 6) is -1.63. The number of hydrogen-bond acceptors (Lipinski definition) is 13. The molecule has 6 aromatic rings. The van der Waals surface area contributed by atoms with Crippen molar-refractivity contribution >= 4 is 11.9 Å². The van der Waals surface area contributed by atoms with E-state index in [0.29, 0.717) is 0 Å². The number of esters is 2. The first-order valence-electron chi connectivity index (χ1n) is 22.3. The number of ether oxygens (including phenoxy) is 9. The molecular formula is C54H54O13. The van der Waals surface area contributed by atoms with Gasteiger partial charge in [-0.2, -0.15) is 0 Å². The quantitative estimate of drug-likeness (QED) is 0.0741. The fourth-order valence-corrected chi connectivity index (χ4v) is 8.01. The Morgan fingerprint density at radius 2 is 0.836 bits per heavy atom. The Morgan fingerprint density at radius 3 is 1.30 bits per heavy atom. The molecule has 2 saturated heterocycles. The van der Waals surface area contributed by atoms with E-state index in [2.05, 4.69) is 0 Å². The van der Waals surface area contributed by atoms with Gasteiger partial charge in [-0.1, -0.05) is 158 Å². The van der Waals surface area contributed by atoms with Gasteiger partial charge in [0.05, 0.1) is 50.8 Å². The molecule has 2 aliphatic rings. The Kier molecular flexibility index (Phi) is 17.0. The van der Waals surface area contributed by atoms with Gasteiger partial charge in [-0.05, 0) is 46.5 Å². The Morgan fingerprint density at radius 1 is 0.433 bits per heavy atom.